The molecule has 3 N–H and O–H groups in total. The third-order valence-corrected chi connectivity index (χ3v) is 3.68. The fourth-order valence-electron chi connectivity index (χ4n) is 2.50. The lowest BCUT2D eigenvalue weighted by atomic mass is 10.1. The molecule has 0 bridgehead atoms. The molecule has 1 aromatic heterocycles. The molecule has 0 spiro atoms. The van der Waals surface area contributed by atoms with Crippen LogP contribution >= 0.6 is 12.2 Å². The van der Waals surface area contributed by atoms with Gasteiger partial charge in [-0.3, -0.25) is 4.68 Å². The molecule has 21 heavy (non-hydrogen) atoms. The number of nitrogens with zero attached hydrogens (tertiary/aromatic N) is 2. The zero-order valence-electron chi connectivity index (χ0n) is 11.9. The van der Waals surface area contributed by atoms with E-state index in [1.54, 1.807) is 4.68 Å². The molecule has 0 amide bonds. The van der Waals surface area contributed by atoms with E-state index < -0.39 is 0 Å². The molecule has 0 aliphatic heterocycles. The highest BCUT2D eigenvalue weighted by Gasteiger charge is 2.15. The first kappa shape index (κ1) is 13.6. The largest absolute Gasteiger partial charge is 0.389 e. The van der Waals surface area contributed by atoms with E-state index in [2.05, 4.69) is 34.7 Å². The van der Waals surface area contributed by atoms with Crippen LogP contribution < -0.4 is 11.1 Å². The number of nitrogens with two attached hydrogens (primary N) is 1. The molecule has 0 fully saturated rings. The van der Waals surface area contributed by atoms with Crippen LogP contribution in [0.1, 0.15) is 11.3 Å². The van der Waals surface area contributed by atoms with Gasteiger partial charge in [-0.2, -0.15) is 5.10 Å². The van der Waals surface area contributed by atoms with Gasteiger partial charge in [-0.25, -0.2) is 0 Å². The van der Waals surface area contributed by atoms with Crippen molar-refractivity contribution in [2.24, 2.45) is 12.8 Å². The summed E-state index contributed by atoms with van der Waals surface area (Å²) in [5, 5.41) is 10.1. The van der Waals surface area contributed by atoms with Crippen LogP contribution in [0.5, 0.6) is 0 Å². The van der Waals surface area contributed by atoms with Crippen LogP contribution in [-0.4, -0.2) is 14.8 Å². The highest BCUT2D eigenvalue weighted by atomic mass is 32.1. The Morgan fingerprint density at radius 3 is 2.62 bits per heavy atom. The maximum atomic E-state index is 5.81. The van der Waals surface area contributed by atoms with Crippen molar-refractivity contribution in [1.82, 2.24) is 9.78 Å². The van der Waals surface area contributed by atoms with Crippen molar-refractivity contribution in [3.05, 3.63) is 53.7 Å². The highest BCUT2D eigenvalue weighted by Crippen LogP contribution is 2.25. The van der Waals surface area contributed by atoms with Crippen molar-refractivity contribution in [1.29, 1.82) is 0 Å². The fourth-order valence-corrected chi connectivity index (χ4v) is 2.74. The van der Waals surface area contributed by atoms with Gasteiger partial charge in [0.05, 0.1) is 11.3 Å². The molecule has 0 saturated heterocycles. The second-order valence-corrected chi connectivity index (χ2v) is 5.42. The van der Waals surface area contributed by atoms with E-state index in [0.29, 0.717) is 4.99 Å². The molecular weight excluding hydrogens is 280 g/mol. The van der Waals surface area contributed by atoms with Crippen LogP contribution in [0, 0.1) is 6.92 Å². The van der Waals surface area contributed by atoms with E-state index in [4.69, 9.17) is 18.0 Å². The van der Waals surface area contributed by atoms with E-state index >= 15 is 0 Å². The Bertz CT molecular complexity index is 835. The predicted octanol–water partition coefficient (Wildman–Crippen LogP) is 3.26. The molecule has 3 rings (SSSR count). The smallest absolute Gasteiger partial charge is 0.138 e. The first-order valence-electron chi connectivity index (χ1n) is 6.65. The summed E-state index contributed by atoms with van der Waals surface area (Å²) in [6.07, 6.45) is 0. The second-order valence-electron chi connectivity index (χ2n) is 4.98. The molecule has 0 radical (unpaired) electrons. The van der Waals surface area contributed by atoms with E-state index in [9.17, 15) is 0 Å². The minimum Gasteiger partial charge on any atom is -0.389 e. The van der Waals surface area contributed by atoms with E-state index in [1.807, 2.05) is 32.2 Å². The van der Waals surface area contributed by atoms with Crippen LogP contribution in [0.15, 0.2) is 42.5 Å². The second kappa shape index (κ2) is 5.18. The molecule has 3 aromatic rings. The Morgan fingerprint density at radius 1 is 1.19 bits per heavy atom. The van der Waals surface area contributed by atoms with Gasteiger partial charge >= 0.3 is 0 Å². The number of aromatic nitrogens is 2. The normalized spacial score (nSPS) is 10.8. The summed E-state index contributed by atoms with van der Waals surface area (Å²) in [6.45, 7) is 1.90. The Kier molecular flexibility index (Phi) is 3.35. The standard InChI is InChI=1S/C16H16N4S/c1-10-14(15(17)21)16(20(2)19-10)18-13-8-7-11-5-3-4-6-12(11)9-13/h3-9,18H,1-2H3,(H2,17,21). The molecule has 2 aromatic carbocycles. The lowest BCUT2D eigenvalue weighted by Gasteiger charge is -2.10. The molecule has 0 aliphatic carbocycles. The van der Waals surface area contributed by atoms with Crippen molar-refractivity contribution >= 4 is 39.5 Å². The Hall–Kier alpha value is -2.40. The lowest BCUT2D eigenvalue weighted by Crippen LogP contribution is -2.12. The van der Waals surface area contributed by atoms with E-state index in [0.717, 1.165) is 22.8 Å². The monoisotopic (exact) mass is 296 g/mol. The third kappa shape index (κ3) is 2.48. The maximum Gasteiger partial charge on any atom is 0.138 e. The van der Waals surface area contributed by atoms with E-state index in [1.165, 1.54) is 10.8 Å². The number of hydrogen-bond donors (Lipinski definition) is 2. The third-order valence-electron chi connectivity index (χ3n) is 3.48. The van der Waals surface area contributed by atoms with Gasteiger partial charge in [0.1, 0.15) is 10.8 Å². The van der Waals surface area contributed by atoms with Crippen LogP contribution in [0.4, 0.5) is 11.5 Å². The Morgan fingerprint density at radius 2 is 1.90 bits per heavy atom. The van der Waals surface area contributed by atoms with Crippen LogP contribution in [0.3, 0.4) is 0 Å². The number of hydrogen-bond acceptors (Lipinski definition) is 3. The topological polar surface area (TPSA) is 55.9 Å². The summed E-state index contributed by atoms with van der Waals surface area (Å²) in [7, 11) is 1.87. The van der Waals surface area contributed by atoms with Crippen molar-refractivity contribution in [3.63, 3.8) is 0 Å². The minimum atomic E-state index is 0.351. The minimum absolute atomic E-state index is 0.351. The SMILES string of the molecule is Cc1nn(C)c(Nc2ccc3ccccc3c2)c1C(N)=S. The molecule has 0 saturated carbocycles. The Labute approximate surface area is 128 Å². The van der Waals surface area contributed by atoms with Gasteiger partial charge in [0.25, 0.3) is 0 Å². The maximum absolute atomic E-state index is 5.81. The average Bonchev–Trinajstić information content (AvgIpc) is 2.73. The summed E-state index contributed by atoms with van der Waals surface area (Å²) >= 11 is 5.13. The summed E-state index contributed by atoms with van der Waals surface area (Å²) in [5.41, 5.74) is 8.41. The molecular formula is C16H16N4S. The van der Waals surface area contributed by atoms with Crippen LogP contribution in [0.2, 0.25) is 0 Å². The van der Waals surface area contributed by atoms with Crippen molar-refractivity contribution in [2.45, 2.75) is 6.92 Å². The average molecular weight is 296 g/mol. The van der Waals surface area contributed by atoms with Crippen molar-refractivity contribution in [3.8, 4) is 0 Å². The quantitative estimate of drug-likeness (QED) is 0.728. The van der Waals surface area contributed by atoms with Gasteiger partial charge in [0.15, 0.2) is 0 Å². The van der Waals surface area contributed by atoms with Crippen LogP contribution in [0.25, 0.3) is 10.8 Å². The van der Waals surface area contributed by atoms with Gasteiger partial charge in [-0.15, -0.1) is 0 Å². The van der Waals surface area contributed by atoms with Gasteiger partial charge < -0.3 is 11.1 Å². The summed E-state index contributed by atoms with van der Waals surface area (Å²) in [6, 6.07) is 14.5. The van der Waals surface area contributed by atoms with Crippen LogP contribution in [-0.2, 0) is 7.05 Å². The molecule has 0 aliphatic rings. The van der Waals surface area contributed by atoms with Gasteiger partial charge in [0, 0.05) is 12.7 Å². The van der Waals surface area contributed by atoms with Gasteiger partial charge in [-0.05, 0) is 29.8 Å². The zero-order valence-corrected chi connectivity index (χ0v) is 12.7. The molecule has 106 valence electrons. The first-order valence-corrected chi connectivity index (χ1v) is 7.06. The number of thiocarbonyl (C=S) groups is 1. The first-order chi connectivity index (χ1) is 10.1. The van der Waals surface area contributed by atoms with Crippen molar-refractivity contribution in [2.75, 3.05) is 5.32 Å². The number of rotatable bonds is 3. The summed E-state index contributed by atoms with van der Waals surface area (Å²) in [5.74, 6) is 0.815. The molecule has 0 unspecified atom stereocenters. The summed E-state index contributed by atoms with van der Waals surface area (Å²) in [4.78, 5) is 0.351. The van der Waals surface area contributed by atoms with E-state index in [-0.39, 0.29) is 0 Å². The molecule has 1 heterocycles. The van der Waals surface area contributed by atoms with Gasteiger partial charge in [-0.1, -0.05) is 42.5 Å². The van der Waals surface area contributed by atoms with Crippen molar-refractivity contribution < 1.29 is 0 Å². The number of anilines is 2. The molecule has 0 atom stereocenters. The number of aryl methyl sites for hydroxylation is 2. The number of benzene rings is 2. The molecule has 5 heteroatoms. The number of nitrogens with one attached hydrogen (secondary N) is 1. The molecule has 4 nitrogen and oxygen atoms in total. The fraction of sp³-hybridized carbons (Fsp3) is 0.125. The number of fused-ring (bicyclic) bond motifs is 1. The zero-order chi connectivity index (χ0) is 15.0. The Balaban J connectivity index is 2.04. The lowest BCUT2D eigenvalue weighted by molar-refractivity contribution is 0.765. The summed E-state index contributed by atoms with van der Waals surface area (Å²) < 4.78 is 1.76. The van der Waals surface area contributed by atoms with Gasteiger partial charge in [0.2, 0.25) is 0 Å². The highest BCUT2D eigenvalue weighted by molar-refractivity contribution is 7.80. The predicted molar refractivity (Wildman–Crippen MR) is 91.1 cm³/mol.